The van der Waals surface area contributed by atoms with Gasteiger partial charge in [0.25, 0.3) is 11.8 Å². The molecule has 0 saturated carbocycles. The van der Waals surface area contributed by atoms with Crippen LogP contribution in [-0.4, -0.2) is 23.8 Å². The fourth-order valence-electron chi connectivity index (χ4n) is 1.47. The summed E-state index contributed by atoms with van der Waals surface area (Å²) in [6, 6.07) is 6.60. The number of rotatable bonds is 1. The average molecular weight is 256 g/mol. The normalized spacial score (nSPS) is 16.3. The Labute approximate surface area is 102 Å². The maximum atomic E-state index is 11.7. The first-order valence-electron chi connectivity index (χ1n) is 4.50. The van der Waals surface area contributed by atoms with Gasteiger partial charge in [-0.3, -0.25) is 14.5 Å². The summed E-state index contributed by atoms with van der Waals surface area (Å²) in [4.78, 5) is 24.2. The molecule has 0 N–H and O–H groups in total. The second kappa shape index (κ2) is 3.92. The van der Waals surface area contributed by atoms with E-state index in [2.05, 4.69) is 0 Å². The van der Waals surface area contributed by atoms with Crippen LogP contribution >= 0.6 is 23.2 Å². The molecule has 3 nitrogen and oxygen atoms in total. The van der Waals surface area contributed by atoms with Gasteiger partial charge < -0.3 is 0 Å². The van der Waals surface area contributed by atoms with E-state index < -0.39 is 11.8 Å². The number of halogens is 2. The molecule has 0 unspecified atom stereocenters. The van der Waals surface area contributed by atoms with Crippen LogP contribution in [0.15, 0.2) is 29.3 Å². The molecule has 2 amide bonds. The Hall–Kier alpha value is -1.32. The van der Waals surface area contributed by atoms with E-state index in [-0.39, 0.29) is 10.6 Å². The molecular weight excluding hydrogens is 249 g/mol. The van der Waals surface area contributed by atoms with E-state index in [1.54, 1.807) is 24.3 Å². The summed E-state index contributed by atoms with van der Waals surface area (Å²) in [6.07, 6.45) is 0. The van der Waals surface area contributed by atoms with E-state index in [1.165, 1.54) is 7.05 Å². The van der Waals surface area contributed by atoms with Crippen LogP contribution in [0.4, 0.5) is 0 Å². The lowest BCUT2D eigenvalue weighted by Crippen LogP contribution is -2.26. The van der Waals surface area contributed by atoms with Crippen LogP contribution in [0.5, 0.6) is 0 Å². The molecule has 1 aromatic carbocycles. The summed E-state index contributed by atoms with van der Waals surface area (Å²) < 4.78 is 0. The smallest absolute Gasteiger partial charge is 0.272 e. The molecule has 0 spiro atoms. The highest BCUT2D eigenvalue weighted by Crippen LogP contribution is 2.31. The Morgan fingerprint density at radius 3 is 2.00 bits per heavy atom. The Kier molecular flexibility index (Phi) is 2.74. The molecule has 0 saturated heterocycles. The molecule has 0 aromatic heterocycles. The van der Waals surface area contributed by atoms with Gasteiger partial charge in [0.2, 0.25) is 0 Å². The fourth-order valence-corrected chi connectivity index (χ4v) is 1.92. The van der Waals surface area contributed by atoms with Crippen molar-refractivity contribution in [3.63, 3.8) is 0 Å². The zero-order valence-corrected chi connectivity index (χ0v) is 9.84. The highest BCUT2D eigenvalue weighted by atomic mass is 35.5. The molecule has 0 fully saturated rings. The first-order chi connectivity index (χ1) is 7.52. The third kappa shape index (κ3) is 1.62. The van der Waals surface area contributed by atoms with Crippen molar-refractivity contribution in [2.24, 2.45) is 0 Å². The zero-order chi connectivity index (χ0) is 11.9. The first kappa shape index (κ1) is 11.2. The molecule has 82 valence electrons. The Bertz CT molecular complexity index is 505. The summed E-state index contributed by atoms with van der Waals surface area (Å²) in [5.74, 6) is -0.867. The maximum absolute atomic E-state index is 11.7. The van der Waals surface area contributed by atoms with Crippen molar-refractivity contribution >= 4 is 40.6 Å². The average Bonchev–Trinajstić information content (AvgIpc) is 2.46. The van der Waals surface area contributed by atoms with Crippen LogP contribution in [0.2, 0.25) is 5.02 Å². The summed E-state index contributed by atoms with van der Waals surface area (Å²) in [6.45, 7) is 0. The second-order valence-corrected chi connectivity index (χ2v) is 4.18. The van der Waals surface area contributed by atoms with Crippen LogP contribution in [0.1, 0.15) is 5.56 Å². The van der Waals surface area contributed by atoms with Crippen LogP contribution in [0.3, 0.4) is 0 Å². The number of nitrogens with zero attached hydrogens (tertiary/aromatic N) is 1. The van der Waals surface area contributed by atoms with Crippen LogP contribution < -0.4 is 0 Å². The largest absolute Gasteiger partial charge is 0.277 e. The molecule has 5 heteroatoms. The van der Waals surface area contributed by atoms with Gasteiger partial charge in [-0.1, -0.05) is 35.3 Å². The van der Waals surface area contributed by atoms with Crippen molar-refractivity contribution in [1.29, 1.82) is 0 Å². The van der Waals surface area contributed by atoms with Crippen molar-refractivity contribution in [2.45, 2.75) is 0 Å². The van der Waals surface area contributed by atoms with Gasteiger partial charge in [0.1, 0.15) is 5.03 Å². The third-order valence-electron chi connectivity index (χ3n) is 2.36. The number of carbonyl (C=O) groups is 2. The highest BCUT2D eigenvalue weighted by molar-refractivity contribution is 6.55. The summed E-state index contributed by atoms with van der Waals surface area (Å²) in [7, 11) is 1.40. The van der Waals surface area contributed by atoms with Crippen LogP contribution in [0.25, 0.3) is 5.57 Å². The quantitative estimate of drug-likeness (QED) is 0.723. The Morgan fingerprint density at radius 1 is 1.00 bits per heavy atom. The Balaban J connectivity index is 2.52. The Morgan fingerprint density at radius 2 is 1.56 bits per heavy atom. The lowest BCUT2D eigenvalue weighted by Gasteiger charge is -2.06. The molecular formula is C11H7Cl2NO2. The van der Waals surface area contributed by atoms with Gasteiger partial charge >= 0.3 is 0 Å². The zero-order valence-electron chi connectivity index (χ0n) is 8.33. The SMILES string of the molecule is CN1C(=O)C(Cl)=C(c2ccc(Cl)cc2)C1=O. The molecule has 2 rings (SSSR count). The molecule has 1 aromatic rings. The van der Waals surface area contributed by atoms with Gasteiger partial charge in [0.15, 0.2) is 0 Å². The molecule has 1 aliphatic heterocycles. The van der Waals surface area contributed by atoms with Gasteiger partial charge in [-0.15, -0.1) is 0 Å². The topological polar surface area (TPSA) is 37.4 Å². The minimum absolute atomic E-state index is 0.0465. The number of carbonyl (C=O) groups excluding carboxylic acids is 2. The number of amides is 2. The van der Waals surface area contributed by atoms with Gasteiger partial charge in [-0.05, 0) is 17.7 Å². The first-order valence-corrected chi connectivity index (χ1v) is 5.26. The second-order valence-electron chi connectivity index (χ2n) is 3.37. The molecule has 1 aliphatic rings. The minimum Gasteiger partial charge on any atom is -0.277 e. The summed E-state index contributed by atoms with van der Waals surface area (Å²) in [5, 5.41) is 0.514. The van der Waals surface area contributed by atoms with Gasteiger partial charge in [0, 0.05) is 12.1 Å². The number of likely N-dealkylation sites (N-methyl/N-ethyl adjacent to an activating group) is 1. The number of hydrogen-bond donors (Lipinski definition) is 0. The van der Waals surface area contributed by atoms with Crippen molar-refractivity contribution in [3.8, 4) is 0 Å². The molecule has 0 radical (unpaired) electrons. The van der Waals surface area contributed by atoms with Crippen LogP contribution in [0, 0.1) is 0 Å². The predicted octanol–water partition coefficient (Wildman–Crippen LogP) is 2.29. The molecule has 16 heavy (non-hydrogen) atoms. The van der Waals surface area contributed by atoms with Gasteiger partial charge in [0.05, 0.1) is 5.57 Å². The number of benzene rings is 1. The fraction of sp³-hybridized carbons (Fsp3) is 0.0909. The van der Waals surface area contributed by atoms with Crippen molar-refractivity contribution in [1.82, 2.24) is 4.90 Å². The van der Waals surface area contributed by atoms with Crippen molar-refractivity contribution in [3.05, 3.63) is 39.9 Å². The number of hydrogen-bond acceptors (Lipinski definition) is 2. The predicted molar refractivity (Wildman–Crippen MR) is 62.0 cm³/mol. The third-order valence-corrected chi connectivity index (χ3v) is 2.97. The van der Waals surface area contributed by atoms with Gasteiger partial charge in [-0.25, -0.2) is 0 Å². The minimum atomic E-state index is -0.475. The van der Waals surface area contributed by atoms with Gasteiger partial charge in [-0.2, -0.15) is 0 Å². The lowest BCUT2D eigenvalue weighted by molar-refractivity contribution is -0.134. The van der Waals surface area contributed by atoms with E-state index in [0.29, 0.717) is 10.6 Å². The molecule has 0 bridgehead atoms. The maximum Gasteiger partial charge on any atom is 0.272 e. The lowest BCUT2D eigenvalue weighted by atomic mass is 10.1. The molecule has 1 heterocycles. The van der Waals surface area contributed by atoms with E-state index in [0.717, 1.165) is 4.90 Å². The van der Waals surface area contributed by atoms with E-state index in [4.69, 9.17) is 23.2 Å². The standard InChI is InChI=1S/C11H7Cl2NO2/c1-14-10(15)8(9(13)11(14)16)6-2-4-7(12)5-3-6/h2-5H,1H3. The van der Waals surface area contributed by atoms with E-state index in [1.807, 2.05) is 0 Å². The van der Waals surface area contributed by atoms with Crippen molar-refractivity contribution < 1.29 is 9.59 Å². The van der Waals surface area contributed by atoms with Crippen molar-refractivity contribution in [2.75, 3.05) is 7.05 Å². The van der Waals surface area contributed by atoms with Crippen LogP contribution in [-0.2, 0) is 9.59 Å². The summed E-state index contributed by atoms with van der Waals surface area (Å²) in [5.41, 5.74) is 0.822. The van der Waals surface area contributed by atoms with E-state index in [9.17, 15) is 9.59 Å². The monoisotopic (exact) mass is 255 g/mol. The van der Waals surface area contributed by atoms with E-state index >= 15 is 0 Å². The molecule has 0 aliphatic carbocycles. The molecule has 0 atom stereocenters. The highest BCUT2D eigenvalue weighted by Gasteiger charge is 2.35. The number of imide groups is 1. The summed E-state index contributed by atoms with van der Waals surface area (Å²) >= 11 is 11.6.